The fourth-order valence-corrected chi connectivity index (χ4v) is 4.90. The summed E-state index contributed by atoms with van der Waals surface area (Å²) in [5.74, 6) is 6.51. The summed E-state index contributed by atoms with van der Waals surface area (Å²) in [6, 6.07) is 22.7. The van der Waals surface area contributed by atoms with Gasteiger partial charge in [-0.1, -0.05) is 48.4 Å². The highest BCUT2D eigenvalue weighted by Gasteiger charge is 2.13. The molecule has 0 bridgehead atoms. The van der Waals surface area contributed by atoms with Gasteiger partial charge in [-0.2, -0.15) is 0 Å². The number of hydrogen-bond acceptors (Lipinski definition) is 3. The van der Waals surface area contributed by atoms with E-state index in [4.69, 9.17) is 16.3 Å². The minimum atomic E-state index is -0.382. The van der Waals surface area contributed by atoms with Gasteiger partial charge in [0.15, 0.2) is 0 Å². The number of halogens is 1. The van der Waals surface area contributed by atoms with Crippen molar-refractivity contribution in [1.82, 2.24) is 0 Å². The van der Waals surface area contributed by atoms with Gasteiger partial charge >= 0.3 is 0 Å². The van der Waals surface area contributed by atoms with Crippen LogP contribution >= 0.6 is 22.9 Å². The Morgan fingerprint density at radius 2 is 1.84 bits per heavy atom. The first-order valence-corrected chi connectivity index (χ1v) is 11.7. The average molecular weight is 459 g/mol. The minimum Gasteiger partial charge on any atom is -0.489 e. The van der Waals surface area contributed by atoms with Gasteiger partial charge in [-0.3, -0.25) is 4.79 Å². The molecule has 4 rings (SSSR count). The molecule has 2 nitrogen and oxygen atoms in total. The second kappa shape index (κ2) is 10.0. The lowest BCUT2D eigenvalue weighted by molar-refractivity contribution is -0.111. The molecular weight excluding hydrogens is 436 g/mol. The summed E-state index contributed by atoms with van der Waals surface area (Å²) in [6.45, 7) is 4.39. The molecule has 4 aromatic rings. The van der Waals surface area contributed by atoms with Crippen LogP contribution < -0.4 is 4.74 Å². The maximum absolute atomic E-state index is 11.3. The van der Waals surface area contributed by atoms with Crippen LogP contribution in [-0.4, -0.2) is 5.24 Å². The molecule has 0 saturated heterocycles. The standard InChI is InChI=1S/C28H23ClO2S/c1-3-6-22(16-28(29)30)21-10-12-23(13-11-21)31-17-20-9-14-27-25(15-20)26(18-32-27)24-8-5-4-7-19(24)2/h4-5,7-15,18,22H,16-17H2,1-2H3. The van der Waals surface area contributed by atoms with Crippen molar-refractivity contribution in [2.75, 3.05) is 0 Å². The lowest BCUT2D eigenvalue weighted by Gasteiger charge is -2.11. The molecule has 160 valence electrons. The number of hydrogen-bond donors (Lipinski definition) is 0. The highest BCUT2D eigenvalue weighted by molar-refractivity contribution is 7.17. The second-order valence-electron chi connectivity index (χ2n) is 7.66. The van der Waals surface area contributed by atoms with Crippen LogP contribution in [0.15, 0.2) is 72.1 Å². The third-order valence-electron chi connectivity index (χ3n) is 5.44. The first-order valence-electron chi connectivity index (χ1n) is 10.4. The fraction of sp³-hybridized carbons (Fsp3) is 0.179. The lowest BCUT2D eigenvalue weighted by Crippen LogP contribution is -2.01. The van der Waals surface area contributed by atoms with Gasteiger partial charge in [0.05, 0.1) is 5.92 Å². The molecule has 0 radical (unpaired) electrons. The van der Waals surface area contributed by atoms with Crippen LogP contribution in [0.2, 0.25) is 0 Å². The average Bonchev–Trinajstić information content (AvgIpc) is 3.21. The van der Waals surface area contributed by atoms with Crippen LogP contribution in [0.25, 0.3) is 21.2 Å². The molecule has 1 atom stereocenters. The predicted molar refractivity (Wildman–Crippen MR) is 134 cm³/mol. The van der Waals surface area contributed by atoms with E-state index in [1.54, 1.807) is 18.3 Å². The minimum absolute atomic E-state index is 0.195. The van der Waals surface area contributed by atoms with Gasteiger partial charge in [0.25, 0.3) is 0 Å². The van der Waals surface area contributed by atoms with Gasteiger partial charge in [-0.15, -0.1) is 17.3 Å². The molecule has 0 spiro atoms. The van der Waals surface area contributed by atoms with Gasteiger partial charge in [-0.05, 0) is 77.3 Å². The smallest absolute Gasteiger partial charge is 0.223 e. The van der Waals surface area contributed by atoms with Gasteiger partial charge in [0, 0.05) is 22.1 Å². The number of ether oxygens (including phenoxy) is 1. The highest BCUT2D eigenvalue weighted by atomic mass is 35.5. The molecular formula is C28H23ClO2S. The summed E-state index contributed by atoms with van der Waals surface area (Å²) < 4.78 is 7.31. The van der Waals surface area contributed by atoms with Crippen molar-refractivity contribution in [2.45, 2.75) is 32.8 Å². The highest BCUT2D eigenvalue weighted by Crippen LogP contribution is 2.36. The summed E-state index contributed by atoms with van der Waals surface area (Å²) in [6.07, 6.45) is 0.201. The number of carbonyl (C=O) groups is 1. The Balaban J connectivity index is 1.51. The summed E-state index contributed by atoms with van der Waals surface area (Å²) in [7, 11) is 0. The SMILES string of the molecule is CC#CC(CC(=O)Cl)c1ccc(OCc2ccc3scc(-c4ccccc4C)c3c2)cc1. The summed E-state index contributed by atoms with van der Waals surface area (Å²) in [4.78, 5) is 11.3. The zero-order chi connectivity index (χ0) is 22.5. The van der Waals surface area contributed by atoms with Crippen molar-refractivity contribution in [3.63, 3.8) is 0 Å². The van der Waals surface area contributed by atoms with Crippen LogP contribution in [-0.2, 0) is 11.4 Å². The monoisotopic (exact) mass is 458 g/mol. The normalized spacial score (nSPS) is 11.6. The molecule has 32 heavy (non-hydrogen) atoms. The van der Waals surface area contributed by atoms with Crippen LogP contribution in [0.5, 0.6) is 5.75 Å². The Labute approximate surface area is 197 Å². The van der Waals surface area contributed by atoms with E-state index in [0.29, 0.717) is 6.61 Å². The van der Waals surface area contributed by atoms with E-state index in [1.807, 2.05) is 24.3 Å². The lowest BCUT2D eigenvalue weighted by atomic mass is 9.97. The van der Waals surface area contributed by atoms with E-state index in [0.717, 1.165) is 16.9 Å². The maximum Gasteiger partial charge on any atom is 0.223 e. The Morgan fingerprint density at radius 3 is 2.56 bits per heavy atom. The largest absolute Gasteiger partial charge is 0.489 e. The van der Waals surface area contributed by atoms with Crippen LogP contribution in [0.1, 0.15) is 36.0 Å². The fourth-order valence-electron chi connectivity index (χ4n) is 3.80. The first-order chi connectivity index (χ1) is 15.5. The molecule has 0 amide bonds. The molecule has 1 unspecified atom stereocenters. The van der Waals surface area contributed by atoms with E-state index >= 15 is 0 Å². The Hall–Kier alpha value is -3.06. The van der Waals surface area contributed by atoms with Crippen molar-refractivity contribution >= 4 is 38.3 Å². The zero-order valence-electron chi connectivity index (χ0n) is 18.0. The Bertz CT molecular complexity index is 1310. The number of aryl methyl sites for hydroxylation is 1. The molecule has 0 aliphatic carbocycles. The van der Waals surface area contributed by atoms with E-state index in [-0.39, 0.29) is 17.6 Å². The number of carbonyl (C=O) groups excluding carboxylic acids is 1. The maximum atomic E-state index is 11.3. The van der Waals surface area contributed by atoms with Gasteiger partial charge in [0.1, 0.15) is 12.4 Å². The molecule has 0 aliphatic heterocycles. The number of thiophene rings is 1. The molecule has 0 fully saturated rings. The van der Waals surface area contributed by atoms with Crippen molar-refractivity contribution in [1.29, 1.82) is 0 Å². The Kier molecular flexibility index (Phi) is 6.95. The Morgan fingerprint density at radius 1 is 1.06 bits per heavy atom. The molecule has 3 aromatic carbocycles. The quantitative estimate of drug-likeness (QED) is 0.209. The van der Waals surface area contributed by atoms with E-state index < -0.39 is 0 Å². The third kappa shape index (κ3) is 5.05. The van der Waals surface area contributed by atoms with Crippen molar-refractivity contribution in [3.05, 3.63) is 88.8 Å². The third-order valence-corrected chi connectivity index (χ3v) is 6.56. The predicted octanol–water partition coefficient (Wildman–Crippen LogP) is 7.72. The number of fused-ring (bicyclic) bond motifs is 1. The van der Waals surface area contributed by atoms with E-state index in [2.05, 4.69) is 66.6 Å². The van der Waals surface area contributed by atoms with Crippen LogP contribution in [0.4, 0.5) is 0 Å². The number of rotatable bonds is 7. The molecule has 0 N–H and O–H groups in total. The van der Waals surface area contributed by atoms with E-state index in [1.165, 1.54) is 26.8 Å². The van der Waals surface area contributed by atoms with Crippen LogP contribution in [0.3, 0.4) is 0 Å². The molecule has 0 saturated carbocycles. The molecule has 1 aromatic heterocycles. The van der Waals surface area contributed by atoms with Crippen molar-refractivity contribution in [3.8, 4) is 28.7 Å². The van der Waals surface area contributed by atoms with Gasteiger partial charge < -0.3 is 4.74 Å². The number of benzene rings is 3. The second-order valence-corrected chi connectivity index (χ2v) is 8.99. The summed E-state index contributed by atoms with van der Waals surface area (Å²) in [5.41, 5.74) is 5.90. The molecule has 0 aliphatic rings. The molecule has 4 heteroatoms. The van der Waals surface area contributed by atoms with Crippen molar-refractivity contribution < 1.29 is 9.53 Å². The van der Waals surface area contributed by atoms with Crippen molar-refractivity contribution in [2.24, 2.45) is 0 Å². The van der Waals surface area contributed by atoms with Gasteiger partial charge in [-0.25, -0.2) is 0 Å². The van der Waals surface area contributed by atoms with E-state index in [9.17, 15) is 4.79 Å². The topological polar surface area (TPSA) is 26.3 Å². The van der Waals surface area contributed by atoms with Gasteiger partial charge in [0.2, 0.25) is 5.24 Å². The summed E-state index contributed by atoms with van der Waals surface area (Å²) in [5, 5.41) is 3.11. The summed E-state index contributed by atoms with van der Waals surface area (Å²) >= 11 is 7.34. The van der Waals surface area contributed by atoms with Crippen LogP contribution in [0, 0.1) is 18.8 Å². The zero-order valence-corrected chi connectivity index (χ0v) is 19.6. The molecule has 1 heterocycles. The first kappa shape index (κ1) is 22.1.